The summed E-state index contributed by atoms with van der Waals surface area (Å²) in [6.07, 6.45) is 5.52. The van der Waals surface area contributed by atoms with E-state index < -0.39 is 93.6 Å². The Morgan fingerprint density at radius 1 is 0.698 bits per heavy atom. The van der Waals surface area contributed by atoms with Gasteiger partial charge in [0.05, 0.1) is 44.2 Å². The molecule has 63 heavy (non-hydrogen) atoms. The number of non-ortho nitro benzene ring substituents is 1. The van der Waals surface area contributed by atoms with Crippen LogP contribution in [0.3, 0.4) is 0 Å². The number of hydrogen-bond donors (Lipinski definition) is 2. The number of methoxy groups -OCH3 is 2. The van der Waals surface area contributed by atoms with E-state index in [4.69, 9.17) is 33.2 Å². The van der Waals surface area contributed by atoms with Gasteiger partial charge in [0.25, 0.3) is 5.69 Å². The van der Waals surface area contributed by atoms with Crippen LogP contribution >= 0.6 is 0 Å². The van der Waals surface area contributed by atoms with Crippen LogP contribution in [0.4, 0.5) is 24.9 Å². The lowest BCUT2D eigenvalue weighted by Crippen LogP contribution is -2.45. The fraction of sp³-hybridized carbons (Fsp3) is 0.619. The van der Waals surface area contributed by atoms with Gasteiger partial charge in [0.1, 0.15) is 18.0 Å². The van der Waals surface area contributed by atoms with Crippen molar-refractivity contribution in [1.82, 2.24) is 15.5 Å². The Labute approximate surface area is 371 Å². The van der Waals surface area contributed by atoms with Crippen molar-refractivity contribution in [3.05, 3.63) is 58.7 Å². The van der Waals surface area contributed by atoms with Crippen LogP contribution in [-0.4, -0.2) is 128 Å². The van der Waals surface area contributed by atoms with E-state index in [0.29, 0.717) is 38.9 Å². The highest BCUT2D eigenvalue weighted by molar-refractivity contribution is 6.76. The lowest BCUT2D eigenvalue weighted by molar-refractivity contribution is -0.384. The number of rotatable bonds is 14. The van der Waals surface area contributed by atoms with Gasteiger partial charge in [-0.2, -0.15) is 0 Å². The number of nitrogens with zero attached hydrogens (tertiary/aromatic N) is 2. The van der Waals surface area contributed by atoms with Crippen molar-refractivity contribution in [3.63, 3.8) is 0 Å². The number of esters is 2. The molecule has 352 valence electrons. The zero-order valence-electron chi connectivity index (χ0n) is 38.2. The van der Waals surface area contributed by atoms with Gasteiger partial charge in [-0.1, -0.05) is 51.4 Å². The smallest absolute Gasteiger partial charge is 0.469 e. The van der Waals surface area contributed by atoms with Gasteiger partial charge in [-0.3, -0.25) is 19.7 Å². The van der Waals surface area contributed by atoms with Crippen molar-refractivity contribution < 1.29 is 66.8 Å². The first kappa shape index (κ1) is 53.7. The third kappa shape index (κ3) is 21.5. The van der Waals surface area contributed by atoms with E-state index in [1.807, 2.05) is 6.08 Å². The van der Waals surface area contributed by atoms with Crippen LogP contribution in [0.25, 0.3) is 0 Å². The molecule has 19 nitrogen and oxygen atoms in total. The van der Waals surface area contributed by atoms with Crippen LogP contribution in [-0.2, 0) is 38.0 Å². The molecule has 0 radical (unpaired) electrons. The van der Waals surface area contributed by atoms with Crippen LogP contribution in [0.5, 0.6) is 5.75 Å². The number of ether oxygens (including phenoxy) is 7. The number of benzene rings is 1. The molecule has 0 saturated carbocycles. The van der Waals surface area contributed by atoms with Gasteiger partial charge in [0.15, 0.2) is 0 Å². The van der Waals surface area contributed by atoms with Gasteiger partial charge in [-0.15, -0.1) is 0 Å². The van der Waals surface area contributed by atoms with Crippen LogP contribution in [0.15, 0.2) is 48.6 Å². The maximum atomic E-state index is 12.4. The molecule has 0 aromatic heterocycles. The summed E-state index contributed by atoms with van der Waals surface area (Å²) in [5.74, 6) is -1.99. The molecule has 0 bridgehead atoms. The van der Waals surface area contributed by atoms with Gasteiger partial charge in [0.2, 0.25) is 0 Å². The minimum Gasteiger partial charge on any atom is -0.469 e. The molecule has 6 atom stereocenters. The maximum absolute atomic E-state index is 12.4. The summed E-state index contributed by atoms with van der Waals surface area (Å²) in [5.41, 5.74) is -0.134. The molecule has 2 N–H and O–H groups in total. The second-order valence-corrected chi connectivity index (χ2v) is 29.0. The molecule has 0 unspecified atom stereocenters. The number of nitrogens with one attached hydrogen (secondary N) is 2. The average Bonchev–Trinajstić information content (AvgIpc) is 3.17. The standard InChI is InChI=1S/C23H32N2O9Si.C19H34N2O6Si/c1-31-21(26)19-13-12-17(33-23(28)34-18-10-8-16(9-11-18)25(29)30)6-5-7-20(19)24-22(27)32-14-15-35(2,3)4;1-21(2)19(24)27-14-8-7-9-16(15(11-10-14)17(22)25-3)20-18(23)26-12-13-28(4,5)6/h5-6,8-11,17,19-20H,7,12-15H2,1-4H3,(H,24,27);7-8,14-16H,9-13H2,1-6H3,(H,20,23)/b6-5+;8-7+/t17-,19-,20-;14-,15-,16-/m00/s1. The van der Waals surface area contributed by atoms with Gasteiger partial charge in [0, 0.05) is 54.5 Å². The van der Waals surface area contributed by atoms with Crippen LogP contribution in [0, 0.1) is 22.0 Å². The molecule has 0 fully saturated rings. The average molecular weight is 923 g/mol. The fourth-order valence-electron chi connectivity index (χ4n) is 6.15. The van der Waals surface area contributed by atoms with Crippen molar-refractivity contribution >= 4 is 58.2 Å². The van der Waals surface area contributed by atoms with Crippen LogP contribution in [0.2, 0.25) is 51.4 Å². The third-order valence-electron chi connectivity index (χ3n) is 9.88. The van der Waals surface area contributed by atoms with Gasteiger partial charge in [-0.25, -0.2) is 19.2 Å². The number of nitro groups is 1. The summed E-state index contributed by atoms with van der Waals surface area (Å²) in [6.45, 7) is 13.9. The third-order valence-corrected chi connectivity index (χ3v) is 13.3. The molecule has 0 spiro atoms. The predicted octanol–water partition coefficient (Wildman–Crippen LogP) is 7.46. The number of hydrogen-bond acceptors (Lipinski definition) is 15. The zero-order valence-corrected chi connectivity index (χ0v) is 40.2. The molecule has 2 aliphatic carbocycles. The fourth-order valence-corrected chi connectivity index (χ4v) is 7.58. The molecule has 0 aliphatic heterocycles. The first-order valence-corrected chi connectivity index (χ1v) is 28.3. The van der Waals surface area contributed by atoms with E-state index in [9.17, 15) is 38.9 Å². The van der Waals surface area contributed by atoms with Crippen molar-refractivity contribution in [2.24, 2.45) is 11.8 Å². The van der Waals surface area contributed by atoms with Gasteiger partial charge >= 0.3 is 36.4 Å². The van der Waals surface area contributed by atoms with E-state index in [-0.39, 0.29) is 24.3 Å². The van der Waals surface area contributed by atoms with Crippen molar-refractivity contribution in [2.75, 3.05) is 41.5 Å². The topological polar surface area (TPSA) is 237 Å². The number of nitro benzene ring substituents is 1. The largest absolute Gasteiger partial charge is 0.514 e. The normalized spacial score (nSPS) is 22.1. The number of alkyl carbamates (subject to hydrolysis) is 2. The lowest BCUT2D eigenvalue weighted by Gasteiger charge is -2.28. The SMILES string of the molecule is COC(=O)[C@H]1CC[C@@H](OC(=O)N(C)C)/C=C/C[C@@H]1NC(=O)OCC[Si](C)(C)C.COC(=O)[C@H]1CC[C@@H](OC(=O)Oc2ccc([N+](=O)[O-])cc2)/C=C/C[C@@H]1NC(=O)OCC[Si](C)(C)C. The molecule has 1 aromatic rings. The summed E-state index contributed by atoms with van der Waals surface area (Å²) >= 11 is 0. The summed E-state index contributed by atoms with van der Waals surface area (Å²) in [6, 6.07) is 5.74. The molecule has 3 rings (SSSR count). The Kier molecular flexibility index (Phi) is 22.4. The van der Waals surface area contributed by atoms with E-state index in [2.05, 4.69) is 49.9 Å². The van der Waals surface area contributed by atoms with Gasteiger partial charge in [-0.05, 0) is 74.9 Å². The lowest BCUT2D eigenvalue weighted by atomic mass is 9.88. The Morgan fingerprint density at radius 3 is 1.51 bits per heavy atom. The Bertz CT molecular complexity index is 1750. The Hall–Kier alpha value is -5.45. The van der Waals surface area contributed by atoms with E-state index in [1.54, 1.807) is 32.3 Å². The maximum Gasteiger partial charge on any atom is 0.514 e. The van der Waals surface area contributed by atoms with E-state index in [0.717, 1.165) is 12.1 Å². The van der Waals surface area contributed by atoms with E-state index in [1.165, 1.54) is 43.4 Å². The number of amides is 3. The number of carbonyl (C=O) groups excluding carboxylic acids is 6. The highest BCUT2D eigenvalue weighted by atomic mass is 28.3. The zero-order chi connectivity index (χ0) is 47.3. The monoisotopic (exact) mass is 922 g/mol. The molecule has 0 heterocycles. The quantitative estimate of drug-likeness (QED) is 0.0350. The molecule has 0 saturated heterocycles. The van der Waals surface area contributed by atoms with Crippen LogP contribution < -0.4 is 15.4 Å². The molecular weight excluding hydrogens is 857 g/mol. The summed E-state index contributed by atoms with van der Waals surface area (Å²) in [7, 11) is 3.18. The molecule has 2 aliphatic rings. The molecule has 21 heteroatoms. The first-order valence-electron chi connectivity index (χ1n) is 20.9. The summed E-state index contributed by atoms with van der Waals surface area (Å²) < 4.78 is 36.2. The highest BCUT2D eigenvalue weighted by Crippen LogP contribution is 2.25. The first-order chi connectivity index (χ1) is 29.5. The van der Waals surface area contributed by atoms with Crippen molar-refractivity contribution in [1.29, 1.82) is 0 Å². The summed E-state index contributed by atoms with van der Waals surface area (Å²) in [4.78, 5) is 84.6. The Balaban J connectivity index is 0.000000445. The minimum atomic E-state index is -1.35. The number of carbonyl (C=O) groups is 6. The molecule has 1 aromatic carbocycles. The summed E-state index contributed by atoms with van der Waals surface area (Å²) in [5, 5.41) is 16.3. The Morgan fingerprint density at radius 2 is 1.13 bits per heavy atom. The molecule has 3 amide bonds. The second-order valence-electron chi connectivity index (χ2n) is 17.7. The van der Waals surface area contributed by atoms with Crippen molar-refractivity contribution in [2.45, 2.75) is 114 Å². The van der Waals surface area contributed by atoms with Crippen molar-refractivity contribution in [3.8, 4) is 5.75 Å². The van der Waals surface area contributed by atoms with E-state index >= 15 is 0 Å². The molecular formula is C42H66N4O15Si2. The van der Waals surface area contributed by atoms with Gasteiger partial charge < -0.3 is 48.7 Å². The second kappa shape index (κ2) is 26.2. The highest BCUT2D eigenvalue weighted by Gasteiger charge is 2.34. The predicted molar refractivity (Wildman–Crippen MR) is 238 cm³/mol. The van der Waals surface area contributed by atoms with Crippen LogP contribution in [0.1, 0.15) is 38.5 Å². The minimum absolute atomic E-state index is 0.0970.